The molecule has 0 radical (unpaired) electrons. The Bertz CT molecular complexity index is 405. The van der Waals surface area contributed by atoms with Gasteiger partial charge in [-0.1, -0.05) is 6.07 Å². The first kappa shape index (κ1) is 14.9. The number of pyridine rings is 1. The van der Waals surface area contributed by atoms with E-state index in [1.54, 1.807) is 13.3 Å². The molecule has 2 rings (SSSR count). The van der Waals surface area contributed by atoms with Crippen molar-refractivity contribution in [3.8, 4) is 0 Å². The lowest BCUT2D eigenvalue weighted by Crippen LogP contribution is -2.34. The Morgan fingerprint density at radius 2 is 2.25 bits per heavy atom. The van der Waals surface area contributed by atoms with Crippen molar-refractivity contribution in [2.75, 3.05) is 33.4 Å². The number of hydrogen-bond donors (Lipinski definition) is 1. The standard InChI is InChI=1S/C15H23N3O2/c1-20-12-14(13-6-2-3-8-16-13)17-15(19)7-11-18-9-4-5-10-18/h2-3,6,8,14H,4-5,7,9-12H2,1H3,(H,17,19)/t14-/m0/s1. The predicted octanol–water partition coefficient (Wildman–Crippen LogP) is 1.37. The molecule has 1 amide bonds. The van der Waals surface area contributed by atoms with Crippen LogP contribution in [0.1, 0.15) is 31.0 Å². The lowest BCUT2D eigenvalue weighted by atomic mass is 10.2. The first-order valence-electron chi connectivity index (χ1n) is 7.21. The van der Waals surface area contributed by atoms with E-state index < -0.39 is 0 Å². The van der Waals surface area contributed by atoms with Gasteiger partial charge < -0.3 is 15.0 Å². The molecular weight excluding hydrogens is 254 g/mol. The minimum atomic E-state index is -0.174. The van der Waals surface area contributed by atoms with Gasteiger partial charge in [-0.15, -0.1) is 0 Å². The van der Waals surface area contributed by atoms with E-state index in [-0.39, 0.29) is 11.9 Å². The van der Waals surface area contributed by atoms with Crippen LogP contribution in [0.15, 0.2) is 24.4 Å². The number of hydrogen-bond acceptors (Lipinski definition) is 4. The molecule has 1 atom stereocenters. The number of likely N-dealkylation sites (tertiary alicyclic amines) is 1. The Morgan fingerprint density at radius 3 is 2.90 bits per heavy atom. The normalized spacial score (nSPS) is 17.1. The molecule has 1 fully saturated rings. The van der Waals surface area contributed by atoms with E-state index in [0.717, 1.165) is 25.3 Å². The maximum atomic E-state index is 12.0. The van der Waals surface area contributed by atoms with Gasteiger partial charge in [-0.2, -0.15) is 0 Å². The molecule has 1 aliphatic rings. The largest absolute Gasteiger partial charge is 0.382 e. The number of rotatable bonds is 7. The highest BCUT2D eigenvalue weighted by Gasteiger charge is 2.17. The van der Waals surface area contributed by atoms with E-state index in [2.05, 4.69) is 15.2 Å². The molecule has 110 valence electrons. The number of nitrogens with one attached hydrogen (secondary N) is 1. The zero-order valence-electron chi connectivity index (χ0n) is 12.0. The van der Waals surface area contributed by atoms with E-state index in [4.69, 9.17) is 4.74 Å². The van der Waals surface area contributed by atoms with Crippen LogP contribution in [0.4, 0.5) is 0 Å². The Labute approximate surface area is 120 Å². The monoisotopic (exact) mass is 277 g/mol. The van der Waals surface area contributed by atoms with Crippen molar-refractivity contribution in [1.82, 2.24) is 15.2 Å². The molecule has 0 saturated carbocycles. The molecule has 1 aliphatic heterocycles. The van der Waals surface area contributed by atoms with Gasteiger partial charge in [0.05, 0.1) is 18.3 Å². The molecule has 1 saturated heterocycles. The number of methoxy groups -OCH3 is 1. The number of carbonyl (C=O) groups excluding carboxylic acids is 1. The summed E-state index contributed by atoms with van der Waals surface area (Å²) >= 11 is 0. The third kappa shape index (κ3) is 4.58. The molecule has 5 heteroatoms. The van der Waals surface area contributed by atoms with Gasteiger partial charge in [0.15, 0.2) is 0 Å². The molecule has 5 nitrogen and oxygen atoms in total. The van der Waals surface area contributed by atoms with Crippen molar-refractivity contribution >= 4 is 5.91 Å². The van der Waals surface area contributed by atoms with Crippen molar-refractivity contribution in [1.29, 1.82) is 0 Å². The number of aromatic nitrogens is 1. The van der Waals surface area contributed by atoms with Crippen LogP contribution in [-0.4, -0.2) is 49.1 Å². The summed E-state index contributed by atoms with van der Waals surface area (Å²) in [7, 11) is 1.63. The zero-order chi connectivity index (χ0) is 14.2. The Kier molecular flexibility index (Phi) is 5.95. The first-order valence-corrected chi connectivity index (χ1v) is 7.21. The number of amides is 1. The van der Waals surface area contributed by atoms with Crippen LogP contribution >= 0.6 is 0 Å². The average Bonchev–Trinajstić information content (AvgIpc) is 2.99. The molecule has 1 N–H and O–H groups in total. The SMILES string of the molecule is COC[C@H](NC(=O)CCN1CCCC1)c1ccccn1. The number of nitrogens with zero attached hydrogens (tertiary/aromatic N) is 2. The summed E-state index contributed by atoms with van der Waals surface area (Å²) in [4.78, 5) is 18.7. The molecule has 0 spiro atoms. The van der Waals surface area contributed by atoms with Crippen LogP contribution in [0.3, 0.4) is 0 Å². The fraction of sp³-hybridized carbons (Fsp3) is 0.600. The molecule has 2 heterocycles. The summed E-state index contributed by atoms with van der Waals surface area (Å²) in [5.41, 5.74) is 0.837. The van der Waals surface area contributed by atoms with Crippen LogP contribution in [0.2, 0.25) is 0 Å². The quantitative estimate of drug-likeness (QED) is 0.818. The smallest absolute Gasteiger partial charge is 0.221 e. The van der Waals surface area contributed by atoms with Gasteiger partial charge in [-0.05, 0) is 38.1 Å². The molecule has 0 aliphatic carbocycles. The summed E-state index contributed by atoms with van der Waals surface area (Å²) in [5, 5.41) is 3.01. The summed E-state index contributed by atoms with van der Waals surface area (Å²) in [5.74, 6) is 0.0598. The van der Waals surface area contributed by atoms with Gasteiger partial charge in [0.25, 0.3) is 0 Å². The summed E-state index contributed by atoms with van der Waals surface area (Å²) < 4.78 is 5.17. The van der Waals surface area contributed by atoms with E-state index in [0.29, 0.717) is 13.0 Å². The highest BCUT2D eigenvalue weighted by Crippen LogP contribution is 2.11. The maximum absolute atomic E-state index is 12.0. The summed E-state index contributed by atoms with van der Waals surface area (Å²) in [6.45, 7) is 3.52. The van der Waals surface area contributed by atoms with E-state index in [1.165, 1.54) is 12.8 Å². The second kappa shape index (κ2) is 7.97. The molecule has 0 aromatic carbocycles. The second-order valence-corrected chi connectivity index (χ2v) is 5.13. The van der Waals surface area contributed by atoms with E-state index >= 15 is 0 Å². The minimum Gasteiger partial charge on any atom is -0.382 e. The lowest BCUT2D eigenvalue weighted by molar-refractivity contribution is -0.122. The lowest BCUT2D eigenvalue weighted by Gasteiger charge is -2.19. The third-order valence-electron chi connectivity index (χ3n) is 3.57. The Morgan fingerprint density at radius 1 is 1.45 bits per heavy atom. The molecule has 1 aromatic rings. The molecule has 20 heavy (non-hydrogen) atoms. The third-order valence-corrected chi connectivity index (χ3v) is 3.57. The Balaban J connectivity index is 1.82. The fourth-order valence-electron chi connectivity index (χ4n) is 2.48. The molecule has 0 bridgehead atoms. The van der Waals surface area contributed by atoms with Gasteiger partial charge in [-0.25, -0.2) is 0 Å². The van der Waals surface area contributed by atoms with Crippen molar-refractivity contribution < 1.29 is 9.53 Å². The van der Waals surface area contributed by atoms with Gasteiger partial charge in [0.2, 0.25) is 5.91 Å². The van der Waals surface area contributed by atoms with Crippen LogP contribution in [0.5, 0.6) is 0 Å². The molecule has 0 unspecified atom stereocenters. The summed E-state index contributed by atoms with van der Waals surface area (Å²) in [6, 6.07) is 5.52. The summed E-state index contributed by atoms with van der Waals surface area (Å²) in [6.07, 6.45) is 4.77. The first-order chi connectivity index (χ1) is 9.79. The van der Waals surface area contributed by atoms with Gasteiger partial charge in [0.1, 0.15) is 0 Å². The van der Waals surface area contributed by atoms with Crippen LogP contribution in [0, 0.1) is 0 Å². The van der Waals surface area contributed by atoms with E-state index in [1.807, 2.05) is 18.2 Å². The fourth-order valence-corrected chi connectivity index (χ4v) is 2.48. The molecule has 1 aromatic heterocycles. The van der Waals surface area contributed by atoms with Gasteiger partial charge in [0, 0.05) is 26.3 Å². The van der Waals surface area contributed by atoms with Crippen LogP contribution in [0.25, 0.3) is 0 Å². The molecular formula is C15H23N3O2. The number of ether oxygens (including phenoxy) is 1. The average molecular weight is 277 g/mol. The van der Waals surface area contributed by atoms with E-state index in [9.17, 15) is 4.79 Å². The van der Waals surface area contributed by atoms with Gasteiger partial charge >= 0.3 is 0 Å². The van der Waals surface area contributed by atoms with Crippen molar-refractivity contribution in [3.63, 3.8) is 0 Å². The second-order valence-electron chi connectivity index (χ2n) is 5.13. The minimum absolute atomic E-state index is 0.0598. The van der Waals surface area contributed by atoms with Crippen LogP contribution in [-0.2, 0) is 9.53 Å². The number of carbonyl (C=O) groups is 1. The highest BCUT2D eigenvalue weighted by molar-refractivity contribution is 5.76. The van der Waals surface area contributed by atoms with Crippen molar-refractivity contribution in [2.24, 2.45) is 0 Å². The Hall–Kier alpha value is -1.46. The van der Waals surface area contributed by atoms with Crippen LogP contribution < -0.4 is 5.32 Å². The predicted molar refractivity (Wildman–Crippen MR) is 77.3 cm³/mol. The maximum Gasteiger partial charge on any atom is 0.221 e. The van der Waals surface area contributed by atoms with Crippen molar-refractivity contribution in [3.05, 3.63) is 30.1 Å². The van der Waals surface area contributed by atoms with Crippen molar-refractivity contribution in [2.45, 2.75) is 25.3 Å². The zero-order valence-corrected chi connectivity index (χ0v) is 12.0. The topological polar surface area (TPSA) is 54.5 Å². The van der Waals surface area contributed by atoms with Gasteiger partial charge in [-0.3, -0.25) is 9.78 Å². The highest BCUT2D eigenvalue weighted by atomic mass is 16.5.